The number of aryl methyl sites for hydroxylation is 2. The Morgan fingerprint density at radius 2 is 1.92 bits per heavy atom. The van der Waals surface area contributed by atoms with E-state index in [4.69, 9.17) is 4.74 Å². The monoisotopic (exact) mass is 352 g/mol. The van der Waals surface area contributed by atoms with Crippen molar-refractivity contribution in [1.82, 2.24) is 5.32 Å². The number of nitrogens with one attached hydrogen (secondary N) is 2. The molecule has 0 spiro atoms. The smallest absolute Gasteiger partial charge is 0.265 e. The average Bonchev–Trinajstić information content (AvgIpc) is 2.63. The molecule has 2 N–H and O–H groups in total. The van der Waals surface area contributed by atoms with Gasteiger partial charge in [0.15, 0.2) is 6.10 Å². The summed E-state index contributed by atoms with van der Waals surface area (Å²) >= 11 is 0. The molecular weight excluding hydrogens is 328 g/mol. The molecule has 0 bridgehead atoms. The van der Waals surface area contributed by atoms with Gasteiger partial charge in [0.1, 0.15) is 5.75 Å². The third kappa shape index (κ3) is 4.96. The predicted octanol–water partition coefficient (Wildman–Crippen LogP) is 3.63. The van der Waals surface area contributed by atoms with E-state index in [0.717, 1.165) is 11.1 Å². The highest BCUT2D eigenvalue weighted by molar-refractivity contribution is 6.04. The lowest BCUT2D eigenvalue weighted by molar-refractivity contribution is -0.122. The summed E-state index contributed by atoms with van der Waals surface area (Å²) in [5.41, 5.74) is 2.85. The van der Waals surface area contributed by atoms with Crippen molar-refractivity contribution in [2.45, 2.75) is 26.9 Å². The Morgan fingerprint density at radius 3 is 2.65 bits per heavy atom. The van der Waals surface area contributed by atoms with Crippen molar-refractivity contribution in [2.75, 3.05) is 11.9 Å². The molecule has 5 nitrogen and oxygen atoms in total. The quantitative estimate of drug-likeness (QED) is 0.748. The molecule has 0 saturated carbocycles. The number of anilines is 1. The normalized spacial score (nSPS) is 11.3. The molecule has 0 heterocycles. The third-order valence-electron chi connectivity index (χ3n) is 3.85. The Labute approximate surface area is 154 Å². The average molecular weight is 352 g/mol. The van der Waals surface area contributed by atoms with Gasteiger partial charge in [-0.05, 0) is 50.1 Å². The molecule has 2 aromatic carbocycles. The van der Waals surface area contributed by atoms with Crippen LogP contribution in [0.3, 0.4) is 0 Å². The minimum absolute atomic E-state index is 0.274. The first kappa shape index (κ1) is 19.2. The van der Waals surface area contributed by atoms with E-state index in [1.807, 2.05) is 32.0 Å². The number of hydrogen-bond donors (Lipinski definition) is 2. The van der Waals surface area contributed by atoms with Gasteiger partial charge in [-0.25, -0.2) is 0 Å². The molecule has 0 unspecified atom stereocenters. The molecule has 0 saturated heterocycles. The van der Waals surface area contributed by atoms with E-state index in [1.54, 1.807) is 37.3 Å². The van der Waals surface area contributed by atoms with E-state index >= 15 is 0 Å². The van der Waals surface area contributed by atoms with E-state index in [1.165, 1.54) is 0 Å². The number of benzene rings is 2. The topological polar surface area (TPSA) is 67.4 Å². The molecule has 136 valence electrons. The van der Waals surface area contributed by atoms with Crippen LogP contribution in [-0.2, 0) is 4.79 Å². The highest BCUT2D eigenvalue weighted by Crippen LogP contribution is 2.21. The van der Waals surface area contributed by atoms with E-state index in [0.29, 0.717) is 23.5 Å². The van der Waals surface area contributed by atoms with Gasteiger partial charge >= 0.3 is 0 Å². The number of rotatable bonds is 7. The molecule has 2 amide bonds. The summed E-state index contributed by atoms with van der Waals surface area (Å²) in [5, 5.41) is 5.48. The Kier molecular flexibility index (Phi) is 6.55. The zero-order chi connectivity index (χ0) is 19.1. The van der Waals surface area contributed by atoms with Crippen molar-refractivity contribution in [3.8, 4) is 5.75 Å². The van der Waals surface area contributed by atoms with Crippen molar-refractivity contribution >= 4 is 17.5 Å². The van der Waals surface area contributed by atoms with Crippen LogP contribution in [0.25, 0.3) is 0 Å². The van der Waals surface area contributed by atoms with Gasteiger partial charge in [-0.3, -0.25) is 9.59 Å². The summed E-state index contributed by atoms with van der Waals surface area (Å²) in [4.78, 5) is 24.7. The van der Waals surface area contributed by atoms with Crippen LogP contribution < -0.4 is 15.4 Å². The first-order valence-corrected chi connectivity index (χ1v) is 8.45. The number of carbonyl (C=O) groups is 2. The van der Waals surface area contributed by atoms with Crippen LogP contribution in [0.5, 0.6) is 5.75 Å². The Morgan fingerprint density at radius 1 is 1.19 bits per heavy atom. The lowest BCUT2D eigenvalue weighted by Crippen LogP contribution is -2.32. The maximum absolute atomic E-state index is 12.5. The van der Waals surface area contributed by atoms with Crippen molar-refractivity contribution < 1.29 is 14.3 Å². The molecule has 0 fully saturated rings. The zero-order valence-corrected chi connectivity index (χ0v) is 15.3. The van der Waals surface area contributed by atoms with E-state index < -0.39 is 6.10 Å². The lowest BCUT2D eigenvalue weighted by Gasteiger charge is -2.18. The Bertz CT molecular complexity index is 815. The maximum Gasteiger partial charge on any atom is 0.265 e. The van der Waals surface area contributed by atoms with Gasteiger partial charge in [-0.2, -0.15) is 0 Å². The minimum Gasteiger partial charge on any atom is -0.481 e. The minimum atomic E-state index is -0.709. The maximum atomic E-state index is 12.5. The molecule has 0 radical (unpaired) electrons. The second kappa shape index (κ2) is 8.85. The number of hydrogen-bond acceptors (Lipinski definition) is 3. The molecule has 1 atom stereocenters. The van der Waals surface area contributed by atoms with Crippen molar-refractivity contribution in [2.24, 2.45) is 0 Å². The largest absolute Gasteiger partial charge is 0.481 e. The lowest BCUT2D eigenvalue weighted by atomic mass is 10.1. The van der Waals surface area contributed by atoms with E-state index in [9.17, 15) is 9.59 Å². The van der Waals surface area contributed by atoms with Crippen LogP contribution in [0, 0.1) is 13.8 Å². The summed E-state index contributed by atoms with van der Waals surface area (Å²) in [6, 6.07) is 12.7. The highest BCUT2D eigenvalue weighted by atomic mass is 16.5. The highest BCUT2D eigenvalue weighted by Gasteiger charge is 2.19. The summed E-state index contributed by atoms with van der Waals surface area (Å²) in [5.74, 6) is 0.0726. The van der Waals surface area contributed by atoms with Crippen LogP contribution in [0.4, 0.5) is 5.69 Å². The molecule has 2 rings (SSSR count). The molecule has 0 aliphatic carbocycles. The fourth-order valence-electron chi connectivity index (χ4n) is 2.36. The molecular formula is C21H24N2O3. The second-order valence-electron chi connectivity index (χ2n) is 6.06. The van der Waals surface area contributed by atoms with Gasteiger partial charge < -0.3 is 15.4 Å². The van der Waals surface area contributed by atoms with Crippen LogP contribution in [0.15, 0.2) is 55.1 Å². The summed E-state index contributed by atoms with van der Waals surface area (Å²) < 4.78 is 5.80. The van der Waals surface area contributed by atoms with E-state index in [-0.39, 0.29) is 11.8 Å². The predicted molar refractivity (Wildman–Crippen MR) is 104 cm³/mol. The van der Waals surface area contributed by atoms with E-state index in [2.05, 4.69) is 17.2 Å². The summed E-state index contributed by atoms with van der Waals surface area (Å²) in [6.07, 6.45) is 0.888. The van der Waals surface area contributed by atoms with Gasteiger partial charge in [0.2, 0.25) is 0 Å². The fraction of sp³-hybridized carbons (Fsp3) is 0.238. The second-order valence-corrected chi connectivity index (χ2v) is 6.06. The number of carbonyl (C=O) groups excluding carboxylic acids is 2. The van der Waals surface area contributed by atoms with Crippen molar-refractivity contribution in [3.05, 3.63) is 71.8 Å². The molecule has 0 aromatic heterocycles. The molecule has 0 aliphatic rings. The van der Waals surface area contributed by atoms with Crippen molar-refractivity contribution in [3.63, 3.8) is 0 Å². The van der Waals surface area contributed by atoms with Gasteiger partial charge in [-0.1, -0.05) is 30.3 Å². The van der Waals surface area contributed by atoms with Crippen LogP contribution >= 0.6 is 0 Å². The number of para-hydroxylation sites is 1. The first-order valence-electron chi connectivity index (χ1n) is 8.45. The number of amides is 2. The molecule has 0 aliphatic heterocycles. The standard InChI is InChI=1S/C21H24N2O3/c1-5-12-22-21(25)17-8-6-7-9-18(17)23-20(24)16(4)26-19-13-14(2)10-11-15(19)3/h5-11,13,16H,1,12H2,2-4H3,(H,22,25)(H,23,24)/t16-/m0/s1. The van der Waals surface area contributed by atoms with Crippen molar-refractivity contribution in [1.29, 1.82) is 0 Å². The molecule has 2 aromatic rings. The molecule has 5 heteroatoms. The van der Waals surface area contributed by atoms with Gasteiger partial charge in [0.25, 0.3) is 11.8 Å². The van der Waals surface area contributed by atoms with Crippen LogP contribution in [0.2, 0.25) is 0 Å². The Hall–Kier alpha value is -3.08. The SMILES string of the molecule is C=CCNC(=O)c1ccccc1NC(=O)[C@H](C)Oc1cc(C)ccc1C. The van der Waals surface area contributed by atoms with Crippen LogP contribution in [-0.4, -0.2) is 24.5 Å². The van der Waals surface area contributed by atoms with Gasteiger partial charge in [-0.15, -0.1) is 6.58 Å². The third-order valence-corrected chi connectivity index (χ3v) is 3.85. The number of ether oxygens (including phenoxy) is 1. The Balaban J connectivity index is 2.10. The summed E-state index contributed by atoms with van der Waals surface area (Å²) in [7, 11) is 0. The zero-order valence-electron chi connectivity index (χ0n) is 15.3. The fourth-order valence-corrected chi connectivity index (χ4v) is 2.36. The van der Waals surface area contributed by atoms with Crippen LogP contribution in [0.1, 0.15) is 28.4 Å². The van der Waals surface area contributed by atoms with Gasteiger partial charge in [0.05, 0.1) is 11.3 Å². The first-order chi connectivity index (χ1) is 12.4. The van der Waals surface area contributed by atoms with Gasteiger partial charge in [0, 0.05) is 6.54 Å². The summed E-state index contributed by atoms with van der Waals surface area (Å²) in [6.45, 7) is 9.50. The molecule has 26 heavy (non-hydrogen) atoms.